The molecular weight excluding hydrogens is 400 g/mol. The highest BCUT2D eigenvalue weighted by Gasteiger charge is 2.48. The van der Waals surface area contributed by atoms with Gasteiger partial charge in [-0.3, -0.25) is 4.79 Å². The molecule has 1 amide bonds. The average molecular weight is 427 g/mol. The van der Waals surface area contributed by atoms with Crippen LogP contribution >= 0.6 is 11.8 Å². The first-order chi connectivity index (χ1) is 13.2. The van der Waals surface area contributed by atoms with Crippen LogP contribution in [0.2, 0.25) is 0 Å². The SMILES string of the molecule is COc1ccc(CN2C(=NC(=O)CC(C)C)S[C@@H]3CS(=O)(=O)C[C@H]32)cc1OC. The van der Waals surface area contributed by atoms with Crippen molar-refractivity contribution in [2.24, 2.45) is 10.9 Å². The topological polar surface area (TPSA) is 85.3 Å². The number of carbonyl (C=O) groups excluding carboxylic acids is 1. The Balaban J connectivity index is 1.89. The van der Waals surface area contributed by atoms with E-state index in [1.165, 1.54) is 11.8 Å². The molecule has 0 spiro atoms. The van der Waals surface area contributed by atoms with Gasteiger partial charge >= 0.3 is 0 Å². The highest BCUT2D eigenvalue weighted by Crippen LogP contribution is 2.39. The molecule has 0 bridgehead atoms. The summed E-state index contributed by atoms with van der Waals surface area (Å²) in [6.07, 6.45) is 0.377. The Morgan fingerprint density at radius 1 is 1.25 bits per heavy atom. The van der Waals surface area contributed by atoms with E-state index in [2.05, 4.69) is 4.99 Å². The summed E-state index contributed by atoms with van der Waals surface area (Å²) in [5, 5.41) is 0.529. The molecule has 154 valence electrons. The van der Waals surface area contributed by atoms with Gasteiger partial charge in [-0.1, -0.05) is 31.7 Å². The summed E-state index contributed by atoms with van der Waals surface area (Å²) < 4.78 is 34.9. The van der Waals surface area contributed by atoms with Gasteiger partial charge in [0.25, 0.3) is 0 Å². The quantitative estimate of drug-likeness (QED) is 0.690. The number of amidine groups is 1. The van der Waals surface area contributed by atoms with Gasteiger partial charge in [-0.25, -0.2) is 8.42 Å². The Labute approximate surface area is 170 Å². The van der Waals surface area contributed by atoms with Crippen LogP contribution in [0.3, 0.4) is 0 Å². The van der Waals surface area contributed by atoms with Crippen molar-refractivity contribution in [1.82, 2.24) is 4.90 Å². The zero-order valence-electron chi connectivity index (χ0n) is 16.5. The maximum absolute atomic E-state index is 12.3. The van der Waals surface area contributed by atoms with Crippen LogP contribution in [-0.2, 0) is 21.2 Å². The zero-order chi connectivity index (χ0) is 20.5. The Bertz CT molecular complexity index is 882. The number of carbonyl (C=O) groups is 1. The molecule has 9 heteroatoms. The molecule has 2 aliphatic rings. The van der Waals surface area contributed by atoms with E-state index in [9.17, 15) is 13.2 Å². The van der Waals surface area contributed by atoms with Gasteiger partial charge in [0.15, 0.2) is 26.5 Å². The van der Waals surface area contributed by atoms with E-state index >= 15 is 0 Å². The van der Waals surface area contributed by atoms with E-state index in [4.69, 9.17) is 9.47 Å². The number of benzene rings is 1. The van der Waals surface area contributed by atoms with Crippen LogP contribution in [0.5, 0.6) is 11.5 Å². The molecule has 0 N–H and O–H groups in total. The number of aliphatic imine (C=N–C) groups is 1. The molecule has 0 saturated carbocycles. The maximum Gasteiger partial charge on any atom is 0.248 e. The third-order valence-corrected chi connectivity index (χ3v) is 8.03. The standard InChI is InChI=1S/C19H26N2O5S2/c1-12(2)7-18(22)20-19-21(14-10-28(23,24)11-17(14)27-19)9-13-5-6-15(25-3)16(8-13)26-4/h5-6,8,12,14,17H,7,9-11H2,1-4H3/t14-,17-/m1/s1. The molecule has 0 aromatic heterocycles. The second-order valence-electron chi connectivity index (χ2n) is 7.50. The number of hydrogen-bond donors (Lipinski definition) is 0. The normalized spacial score (nSPS) is 24.6. The van der Waals surface area contributed by atoms with Crippen LogP contribution in [0.15, 0.2) is 23.2 Å². The zero-order valence-corrected chi connectivity index (χ0v) is 18.2. The number of rotatable bonds is 6. The second-order valence-corrected chi connectivity index (χ2v) is 10.9. The lowest BCUT2D eigenvalue weighted by Crippen LogP contribution is -2.37. The molecule has 3 rings (SSSR count). The number of fused-ring (bicyclic) bond motifs is 1. The van der Waals surface area contributed by atoms with Gasteiger partial charge in [-0.05, 0) is 23.6 Å². The average Bonchev–Trinajstić information content (AvgIpc) is 3.06. The lowest BCUT2D eigenvalue weighted by molar-refractivity contribution is -0.118. The van der Waals surface area contributed by atoms with E-state index in [1.807, 2.05) is 36.9 Å². The van der Waals surface area contributed by atoms with Crippen LogP contribution in [0, 0.1) is 5.92 Å². The van der Waals surface area contributed by atoms with Gasteiger partial charge in [-0.2, -0.15) is 4.99 Å². The van der Waals surface area contributed by atoms with Crippen molar-refractivity contribution in [2.75, 3.05) is 25.7 Å². The number of amides is 1. The van der Waals surface area contributed by atoms with Crippen LogP contribution in [0.1, 0.15) is 25.8 Å². The summed E-state index contributed by atoms with van der Waals surface area (Å²) in [5.41, 5.74) is 0.937. The van der Waals surface area contributed by atoms with Crippen molar-refractivity contribution in [3.63, 3.8) is 0 Å². The highest BCUT2D eigenvalue weighted by molar-refractivity contribution is 8.15. The molecular formula is C19H26N2O5S2. The van der Waals surface area contributed by atoms with Crippen molar-refractivity contribution in [2.45, 2.75) is 38.1 Å². The smallest absolute Gasteiger partial charge is 0.248 e. The molecule has 2 aliphatic heterocycles. The maximum atomic E-state index is 12.3. The molecule has 1 aromatic carbocycles. The van der Waals surface area contributed by atoms with Crippen molar-refractivity contribution in [3.05, 3.63) is 23.8 Å². The molecule has 7 nitrogen and oxygen atoms in total. The predicted molar refractivity (Wildman–Crippen MR) is 111 cm³/mol. The van der Waals surface area contributed by atoms with Gasteiger partial charge in [0.1, 0.15) is 0 Å². The Morgan fingerprint density at radius 3 is 2.61 bits per heavy atom. The minimum atomic E-state index is -3.07. The van der Waals surface area contributed by atoms with Crippen molar-refractivity contribution >= 4 is 32.7 Å². The first-order valence-electron chi connectivity index (χ1n) is 9.18. The fourth-order valence-electron chi connectivity index (χ4n) is 3.50. The van der Waals surface area contributed by atoms with Crippen molar-refractivity contribution in [1.29, 1.82) is 0 Å². The largest absolute Gasteiger partial charge is 0.493 e. The number of ether oxygens (including phenoxy) is 2. The number of methoxy groups -OCH3 is 2. The molecule has 28 heavy (non-hydrogen) atoms. The molecule has 0 unspecified atom stereocenters. The van der Waals surface area contributed by atoms with Gasteiger partial charge < -0.3 is 14.4 Å². The van der Waals surface area contributed by atoms with Crippen LogP contribution in [-0.4, -0.2) is 61.4 Å². The van der Waals surface area contributed by atoms with Gasteiger partial charge in [0, 0.05) is 18.2 Å². The lowest BCUT2D eigenvalue weighted by atomic mass is 10.1. The summed E-state index contributed by atoms with van der Waals surface area (Å²) in [6, 6.07) is 5.43. The minimum absolute atomic E-state index is 0.0873. The molecule has 2 saturated heterocycles. The first-order valence-corrected chi connectivity index (χ1v) is 11.9. The summed E-state index contributed by atoms with van der Waals surface area (Å²) in [7, 11) is 0.0787. The molecule has 0 aliphatic carbocycles. The fourth-order valence-corrected chi connectivity index (χ4v) is 7.47. The lowest BCUT2D eigenvalue weighted by Gasteiger charge is -2.25. The van der Waals surface area contributed by atoms with Crippen molar-refractivity contribution in [3.8, 4) is 11.5 Å². The molecule has 1 aromatic rings. The number of hydrogen-bond acceptors (Lipinski definition) is 6. The molecule has 2 heterocycles. The second kappa shape index (κ2) is 8.32. The molecule has 2 atom stereocenters. The fraction of sp³-hybridized carbons (Fsp3) is 0.579. The number of nitrogens with zero attached hydrogens (tertiary/aromatic N) is 2. The third kappa shape index (κ3) is 4.63. The Morgan fingerprint density at radius 2 is 1.96 bits per heavy atom. The van der Waals surface area contributed by atoms with Crippen molar-refractivity contribution < 1.29 is 22.7 Å². The monoisotopic (exact) mass is 426 g/mol. The third-order valence-electron chi connectivity index (χ3n) is 4.78. The van der Waals surface area contributed by atoms with Crippen LogP contribution in [0.25, 0.3) is 0 Å². The van der Waals surface area contributed by atoms with E-state index in [0.29, 0.717) is 29.6 Å². The summed E-state index contributed by atoms with van der Waals surface area (Å²) in [5.74, 6) is 1.51. The summed E-state index contributed by atoms with van der Waals surface area (Å²) in [6.45, 7) is 4.41. The van der Waals surface area contributed by atoms with E-state index in [1.54, 1.807) is 14.2 Å². The van der Waals surface area contributed by atoms with E-state index < -0.39 is 9.84 Å². The summed E-state index contributed by atoms with van der Waals surface area (Å²) >= 11 is 1.40. The molecule has 0 radical (unpaired) electrons. The van der Waals surface area contributed by atoms with Crippen LogP contribution in [0.4, 0.5) is 0 Å². The van der Waals surface area contributed by atoms with E-state index in [-0.39, 0.29) is 34.6 Å². The highest BCUT2D eigenvalue weighted by atomic mass is 32.2. The molecule has 2 fully saturated rings. The van der Waals surface area contributed by atoms with Gasteiger partial charge in [0.2, 0.25) is 5.91 Å². The first kappa shape index (κ1) is 21.0. The number of thioether (sulfide) groups is 1. The van der Waals surface area contributed by atoms with E-state index in [0.717, 1.165) is 5.56 Å². The summed E-state index contributed by atoms with van der Waals surface area (Å²) in [4.78, 5) is 18.5. The Kier molecular flexibility index (Phi) is 6.24. The number of sulfone groups is 1. The van der Waals surface area contributed by atoms with Gasteiger partial charge in [0.05, 0.1) is 31.8 Å². The minimum Gasteiger partial charge on any atom is -0.493 e. The van der Waals surface area contributed by atoms with Gasteiger partial charge in [-0.15, -0.1) is 0 Å². The predicted octanol–water partition coefficient (Wildman–Crippen LogP) is 2.35. The van der Waals surface area contributed by atoms with Crippen LogP contribution < -0.4 is 9.47 Å². The Hall–Kier alpha value is -1.74.